The maximum Gasteiger partial charge on any atom is 0.257 e. The molecule has 2 aromatic carbocycles. The van der Waals surface area contributed by atoms with E-state index in [9.17, 15) is 13.2 Å². The number of amides is 1. The van der Waals surface area contributed by atoms with E-state index < -0.39 is 15.7 Å². The molecule has 9 heteroatoms. The van der Waals surface area contributed by atoms with Gasteiger partial charge in [-0.25, -0.2) is 13.4 Å². The van der Waals surface area contributed by atoms with Crippen LogP contribution in [0.4, 0.5) is 5.13 Å². The summed E-state index contributed by atoms with van der Waals surface area (Å²) in [7, 11) is -1.80. The molecule has 0 aliphatic carbocycles. The highest BCUT2D eigenvalue weighted by Crippen LogP contribution is 2.32. The van der Waals surface area contributed by atoms with Crippen molar-refractivity contribution < 1.29 is 22.4 Å². The maximum absolute atomic E-state index is 12.6. The summed E-state index contributed by atoms with van der Waals surface area (Å²) >= 11 is 1.25. The molecule has 4 aromatic rings. The Labute approximate surface area is 177 Å². The second-order valence-electron chi connectivity index (χ2n) is 6.44. The summed E-state index contributed by atoms with van der Waals surface area (Å²) in [4.78, 5) is 17.1. The first-order valence-corrected chi connectivity index (χ1v) is 11.6. The summed E-state index contributed by atoms with van der Waals surface area (Å²) in [5, 5.41) is 5.79. The van der Waals surface area contributed by atoms with E-state index in [-0.39, 0.29) is 16.2 Å². The van der Waals surface area contributed by atoms with E-state index in [4.69, 9.17) is 9.15 Å². The predicted octanol–water partition coefficient (Wildman–Crippen LogP) is 4.61. The first-order chi connectivity index (χ1) is 14.4. The Morgan fingerprint density at radius 1 is 1.20 bits per heavy atom. The molecule has 30 heavy (non-hydrogen) atoms. The molecule has 0 fully saturated rings. The fourth-order valence-electron chi connectivity index (χ4n) is 2.88. The van der Waals surface area contributed by atoms with E-state index in [0.29, 0.717) is 27.9 Å². The minimum absolute atomic E-state index is 0.0305. The molecule has 0 atom stereocenters. The number of thiazole rings is 1. The normalized spacial score (nSPS) is 11.5. The number of ether oxygens (including phenoxy) is 1. The fraction of sp³-hybridized carbons (Fsp3) is 0.143. The lowest BCUT2D eigenvalue weighted by molar-refractivity contribution is 0.102. The lowest BCUT2D eigenvalue weighted by Crippen LogP contribution is -2.13. The molecule has 0 bridgehead atoms. The first kappa shape index (κ1) is 20.1. The van der Waals surface area contributed by atoms with Crippen LogP contribution >= 0.6 is 11.3 Å². The smallest absolute Gasteiger partial charge is 0.257 e. The standard InChI is InChI=1S/C21H18N2O5S2/c1-3-30(25,26)16-6-4-5-14(9-16)20(24)23-21-22-17(12-29-21)19-10-13-7-8-15(27-2)11-18(13)28-19/h4-12H,3H2,1-2H3,(H,22,23,24). The van der Waals surface area contributed by atoms with Crippen LogP contribution in [-0.4, -0.2) is 32.2 Å². The number of nitrogens with zero attached hydrogens (tertiary/aromatic N) is 1. The molecule has 0 saturated heterocycles. The molecule has 0 unspecified atom stereocenters. The summed E-state index contributed by atoms with van der Waals surface area (Å²) in [6, 6.07) is 13.4. The zero-order valence-corrected chi connectivity index (χ0v) is 17.8. The second kappa shape index (κ2) is 7.92. The molecule has 0 radical (unpaired) electrons. The van der Waals surface area contributed by atoms with Crippen molar-refractivity contribution in [2.45, 2.75) is 11.8 Å². The number of nitrogens with one attached hydrogen (secondary N) is 1. The number of aromatic nitrogens is 1. The highest BCUT2D eigenvalue weighted by atomic mass is 32.2. The average Bonchev–Trinajstić information content (AvgIpc) is 3.39. The van der Waals surface area contributed by atoms with Gasteiger partial charge in [-0.15, -0.1) is 11.3 Å². The van der Waals surface area contributed by atoms with Gasteiger partial charge >= 0.3 is 0 Å². The SMILES string of the molecule is CCS(=O)(=O)c1cccc(C(=O)Nc2nc(-c3cc4ccc(OC)cc4o3)cs2)c1. The molecule has 1 N–H and O–H groups in total. The van der Waals surface area contributed by atoms with Crippen LogP contribution in [0, 0.1) is 0 Å². The van der Waals surface area contributed by atoms with Gasteiger partial charge in [-0.1, -0.05) is 13.0 Å². The van der Waals surface area contributed by atoms with E-state index in [2.05, 4.69) is 10.3 Å². The molecule has 0 aliphatic rings. The van der Waals surface area contributed by atoms with Gasteiger partial charge < -0.3 is 9.15 Å². The number of fused-ring (bicyclic) bond motifs is 1. The maximum atomic E-state index is 12.6. The number of hydrogen-bond donors (Lipinski definition) is 1. The molecule has 154 valence electrons. The Morgan fingerprint density at radius 2 is 2.03 bits per heavy atom. The van der Waals surface area contributed by atoms with Crippen LogP contribution in [0.1, 0.15) is 17.3 Å². The van der Waals surface area contributed by atoms with Crippen molar-refractivity contribution in [1.29, 1.82) is 0 Å². The van der Waals surface area contributed by atoms with Gasteiger partial charge in [-0.05, 0) is 36.4 Å². The lowest BCUT2D eigenvalue weighted by atomic mass is 10.2. The quantitative estimate of drug-likeness (QED) is 0.468. The van der Waals surface area contributed by atoms with Crippen LogP contribution in [-0.2, 0) is 9.84 Å². The lowest BCUT2D eigenvalue weighted by Gasteiger charge is -2.05. The topological polar surface area (TPSA) is 98.5 Å². The number of benzene rings is 2. The monoisotopic (exact) mass is 442 g/mol. The number of carbonyl (C=O) groups excluding carboxylic acids is 1. The summed E-state index contributed by atoms with van der Waals surface area (Å²) in [6.07, 6.45) is 0. The number of sulfone groups is 1. The van der Waals surface area contributed by atoms with Gasteiger partial charge in [0.2, 0.25) is 0 Å². The summed E-state index contributed by atoms with van der Waals surface area (Å²) in [6.45, 7) is 1.56. The second-order valence-corrected chi connectivity index (χ2v) is 9.57. The van der Waals surface area contributed by atoms with Crippen LogP contribution in [0.3, 0.4) is 0 Å². The van der Waals surface area contributed by atoms with Crippen molar-refractivity contribution in [3.8, 4) is 17.2 Å². The number of carbonyl (C=O) groups is 1. The van der Waals surface area contributed by atoms with Gasteiger partial charge in [0.1, 0.15) is 17.0 Å². The minimum Gasteiger partial charge on any atom is -0.497 e. The van der Waals surface area contributed by atoms with Crippen LogP contribution in [0.5, 0.6) is 5.75 Å². The fourth-order valence-corrected chi connectivity index (χ4v) is 4.50. The van der Waals surface area contributed by atoms with Gasteiger partial charge in [0.25, 0.3) is 5.91 Å². The van der Waals surface area contributed by atoms with Crippen LogP contribution in [0.25, 0.3) is 22.4 Å². The van der Waals surface area contributed by atoms with Gasteiger partial charge in [0, 0.05) is 22.4 Å². The predicted molar refractivity (Wildman–Crippen MR) is 116 cm³/mol. The number of rotatable bonds is 6. The van der Waals surface area contributed by atoms with Crippen molar-refractivity contribution in [3.05, 3.63) is 59.5 Å². The van der Waals surface area contributed by atoms with Crippen molar-refractivity contribution >= 4 is 43.2 Å². The van der Waals surface area contributed by atoms with Gasteiger partial charge in [-0.2, -0.15) is 0 Å². The van der Waals surface area contributed by atoms with Crippen molar-refractivity contribution in [2.24, 2.45) is 0 Å². The van der Waals surface area contributed by atoms with Gasteiger partial charge in [0.15, 0.2) is 20.7 Å². The van der Waals surface area contributed by atoms with E-state index in [1.165, 1.54) is 23.5 Å². The summed E-state index contributed by atoms with van der Waals surface area (Å²) in [5.41, 5.74) is 1.52. The Bertz CT molecular complexity index is 1340. The highest BCUT2D eigenvalue weighted by Gasteiger charge is 2.16. The molecule has 7 nitrogen and oxygen atoms in total. The molecule has 4 rings (SSSR count). The van der Waals surface area contributed by atoms with Crippen LogP contribution < -0.4 is 10.1 Å². The van der Waals surface area contributed by atoms with E-state index >= 15 is 0 Å². The van der Waals surface area contributed by atoms with E-state index in [0.717, 1.165) is 5.39 Å². The molecular formula is C21H18N2O5S2. The molecule has 0 aliphatic heterocycles. The molecule has 0 saturated carbocycles. The zero-order chi connectivity index (χ0) is 21.3. The minimum atomic E-state index is -3.39. The van der Waals surface area contributed by atoms with Crippen molar-refractivity contribution in [1.82, 2.24) is 4.98 Å². The average molecular weight is 443 g/mol. The van der Waals surface area contributed by atoms with Gasteiger partial charge in [0.05, 0.1) is 17.8 Å². The Kier molecular flexibility index (Phi) is 5.31. The Hall–Kier alpha value is -3.17. The third-order valence-corrected chi connectivity index (χ3v) is 7.03. The molecule has 0 spiro atoms. The molecule has 2 heterocycles. The molecular weight excluding hydrogens is 424 g/mol. The summed E-state index contributed by atoms with van der Waals surface area (Å²) < 4.78 is 35.2. The van der Waals surface area contributed by atoms with Crippen LogP contribution in [0.2, 0.25) is 0 Å². The number of hydrogen-bond acceptors (Lipinski definition) is 7. The molecule has 1 amide bonds. The highest BCUT2D eigenvalue weighted by molar-refractivity contribution is 7.91. The number of anilines is 1. The number of furan rings is 1. The Morgan fingerprint density at radius 3 is 2.80 bits per heavy atom. The molecule has 2 aromatic heterocycles. The van der Waals surface area contributed by atoms with Crippen molar-refractivity contribution in [3.63, 3.8) is 0 Å². The number of methoxy groups -OCH3 is 1. The van der Waals surface area contributed by atoms with Gasteiger partial charge in [-0.3, -0.25) is 10.1 Å². The third-order valence-electron chi connectivity index (χ3n) is 4.54. The van der Waals surface area contributed by atoms with Crippen molar-refractivity contribution in [2.75, 3.05) is 18.2 Å². The first-order valence-electron chi connectivity index (χ1n) is 9.07. The van der Waals surface area contributed by atoms with E-state index in [1.54, 1.807) is 37.6 Å². The summed E-state index contributed by atoms with van der Waals surface area (Å²) in [5.74, 6) is 0.809. The third kappa shape index (κ3) is 3.94. The van der Waals surface area contributed by atoms with Crippen LogP contribution in [0.15, 0.2) is 63.2 Å². The zero-order valence-electron chi connectivity index (χ0n) is 16.2. The largest absolute Gasteiger partial charge is 0.497 e. The Balaban J connectivity index is 1.55. The van der Waals surface area contributed by atoms with E-state index in [1.807, 2.05) is 18.2 Å².